The van der Waals surface area contributed by atoms with Gasteiger partial charge in [-0.15, -0.1) is 0 Å². The Hall–Kier alpha value is -3.87. The van der Waals surface area contributed by atoms with Crippen molar-refractivity contribution < 1.29 is 28.9 Å². The quantitative estimate of drug-likeness (QED) is 0.589. The Bertz CT molecular complexity index is 1080. The number of fused-ring (bicyclic) bond motifs is 3. The second-order valence-corrected chi connectivity index (χ2v) is 6.95. The number of alkyl carbamates (subject to hydrolysis) is 1. The van der Waals surface area contributed by atoms with Gasteiger partial charge in [0.05, 0.1) is 0 Å². The predicted molar refractivity (Wildman–Crippen MR) is 107 cm³/mol. The molecule has 0 heterocycles. The van der Waals surface area contributed by atoms with Crippen molar-refractivity contribution in [3.05, 3.63) is 89.2 Å². The number of carbonyl (C=O) groups is 2. The van der Waals surface area contributed by atoms with Crippen molar-refractivity contribution in [1.82, 2.24) is 5.32 Å². The van der Waals surface area contributed by atoms with Crippen LogP contribution in [0.2, 0.25) is 0 Å². The lowest BCUT2D eigenvalue weighted by Gasteiger charge is -2.18. The molecule has 30 heavy (non-hydrogen) atoms. The second-order valence-electron chi connectivity index (χ2n) is 6.95. The van der Waals surface area contributed by atoms with E-state index in [1.165, 1.54) is 0 Å². The molecule has 3 N–H and O–H groups in total. The van der Waals surface area contributed by atoms with Crippen LogP contribution >= 0.6 is 0 Å². The van der Waals surface area contributed by atoms with Crippen LogP contribution in [0.5, 0.6) is 5.75 Å². The predicted octanol–water partition coefficient (Wildman–Crippen LogP) is 4.20. The molecule has 0 saturated carbocycles. The highest BCUT2D eigenvalue weighted by Crippen LogP contribution is 2.44. The molecule has 1 atom stereocenters. The van der Waals surface area contributed by atoms with Crippen molar-refractivity contribution in [2.75, 3.05) is 6.61 Å². The Kier molecular flexibility index (Phi) is 5.10. The number of hydrogen-bond donors (Lipinski definition) is 3. The summed E-state index contributed by atoms with van der Waals surface area (Å²) >= 11 is 0. The molecule has 4 rings (SSSR count). The van der Waals surface area contributed by atoms with Gasteiger partial charge in [0.2, 0.25) is 0 Å². The Morgan fingerprint density at radius 1 is 1.00 bits per heavy atom. The molecule has 0 aromatic heterocycles. The summed E-state index contributed by atoms with van der Waals surface area (Å²) in [4.78, 5) is 23.9. The maximum absolute atomic E-state index is 14.1. The van der Waals surface area contributed by atoms with Gasteiger partial charge in [-0.3, -0.25) is 0 Å². The zero-order valence-corrected chi connectivity index (χ0v) is 15.7. The summed E-state index contributed by atoms with van der Waals surface area (Å²) in [5.74, 6) is -2.92. The molecule has 0 spiro atoms. The zero-order chi connectivity index (χ0) is 21.3. The van der Waals surface area contributed by atoms with Crippen LogP contribution in [0, 0.1) is 5.82 Å². The molecule has 1 unspecified atom stereocenters. The smallest absolute Gasteiger partial charge is 0.408 e. The number of nitrogens with one attached hydrogen (secondary N) is 1. The third kappa shape index (κ3) is 3.57. The van der Waals surface area contributed by atoms with E-state index in [0.717, 1.165) is 40.5 Å². The number of aromatic hydroxyl groups is 1. The number of amides is 1. The van der Waals surface area contributed by atoms with E-state index < -0.39 is 23.9 Å². The van der Waals surface area contributed by atoms with Crippen molar-refractivity contribution in [3.8, 4) is 16.9 Å². The van der Waals surface area contributed by atoms with Crippen LogP contribution in [0.25, 0.3) is 11.1 Å². The molecule has 0 aliphatic heterocycles. The molecule has 1 aliphatic carbocycles. The maximum Gasteiger partial charge on any atom is 0.408 e. The minimum atomic E-state index is -1.65. The molecule has 0 saturated heterocycles. The number of carbonyl (C=O) groups excluding carboxylic acids is 1. The fraction of sp³-hybridized carbons (Fsp3) is 0.130. The van der Waals surface area contributed by atoms with E-state index in [-0.39, 0.29) is 23.8 Å². The molecular weight excluding hydrogens is 389 g/mol. The molecule has 3 aromatic carbocycles. The van der Waals surface area contributed by atoms with Crippen LogP contribution in [-0.4, -0.2) is 28.9 Å². The summed E-state index contributed by atoms with van der Waals surface area (Å²) in [6.45, 7) is 0.00423. The summed E-state index contributed by atoms with van der Waals surface area (Å²) in [6, 6.07) is 17.0. The molecule has 0 fully saturated rings. The number of rotatable bonds is 5. The van der Waals surface area contributed by atoms with Crippen LogP contribution in [-0.2, 0) is 9.53 Å². The summed E-state index contributed by atoms with van der Waals surface area (Å²) in [7, 11) is 0. The van der Waals surface area contributed by atoms with Crippen molar-refractivity contribution in [3.63, 3.8) is 0 Å². The number of phenols is 1. The van der Waals surface area contributed by atoms with E-state index in [0.29, 0.717) is 0 Å². The number of carboxylic acids is 1. The lowest BCUT2D eigenvalue weighted by atomic mass is 9.98. The first-order valence-corrected chi connectivity index (χ1v) is 9.28. The number of carboxylic acid groups (broad SMARTS) is 1. The molecule has 152 valence electrons. The zero-order valence-electron chi connectivity index (χ0n) is 15.7. The Morgan fingerprint density at radius 2 is 1.60 bits per heavy atom. The third-order valence-electron chi connectivity index (χ3n) is 5.15. The van der Waals surface area contributed by atoms with Crippen LogP contribution < -0.4 is 5.32 Å². The average molecular weight is 407 g/mol. The monoisotopic (exact) mass is 407 g/mol. The molecule has 3 aromatic rings. The highest BCUT2D eigenvalue weighted by Gasteiger charge is 2.30. The first kappa shape index (κ1) is 19.4. The van der Waals surface area contributed by atoms with E-state index in [9.17, 15) is 24.2 Å². The largest absolute Gasteiger partial charge is 0.508 e. The van der Waals surface area contributed by atoms with Gasteiger partial charge in [-0.1, -0.05) is 48.5 Å². The van der Waals surface area contributed by atoms with Gasteiger partial charge < -0.3 is 20.3 Å². The lowest BCUT2D eigenvalue weighted by molar-refractivity contribution is -0.139. The Balaban J connectivity index is 1.50. The van der Waals surface area contributed by atoms with Crippen LogP contribution in [0.1, 0.15) is 28.7 Å². The van der Waals surface area contributed by atoms with Crippen LogP contribution in [0.15, 0.2) is 66.7 Å². The fourth-order valence-corrected chi connectivity index (χ4v) is 3.78. The summed E-state index contributed by atoms with van der Waals surface area (Å²) in [5, 5.41) is 20.9. The second kappa shape index (κ2) is 7.87. The molecule has 0 radical (unpaired) electrons. The molecule has 7 heteroatoms. The Labute approximate surface area is 171 Å². The van der Waals surface area contributed by atoms with Gasteiger partial charge in [-0.2, -0.15) is 0 Å². The van der Waals surface area contributed by atoms with Gasteiger partial charge in [0, 0.05) is 17.5 Å². The van der Waals surface area contributed by atoms with Crippen molar-refractivity contribution in [2.24, 2.45) is 0 Å². The number of hydrogen-bond acceptors (Lipinski definition) is 4. The fourth-order valence-electron chi connectivity index (χ4n) is 3.78. The minimum Gasteiger partial charge on any atom is -0.508 e. The Morgan fingerprint density at radius 3 is 2.17 bits per heavy atom. The number of halogens is 1. The summed E-state index contributed by atoms with van der Waals surface area (Å²) in [6.07, 6.45) is -0.975. The molecule has 1 aliphatic rings. The van der Waals surface area contributed by atoms with Gasteiger partial charge in [0.25, 0.3) is 0 Å². The number of aliphatic carboxylic acids is 1. The van der Waals surface area contributed by atoms with Gasteiger partial charge in [-0.25, -0.2) is 14.0 Å². The minimum absolute atomic E-state index is 0.00423. The SMILES string of the molecule is O=C(NC(C(=O)O)c1ccc(O)cc1F)OCC1c2ccccc2-c2ccccc21. The van der Waals surface area contributed by atoms with Gasteiger partial charge >= 0.3 is 12.1 Å². The standard InChI is InChI=1S/C23H18FNO5/c24-20-11-13(26)9-10-18(20)21(22(27)28)25-23(29)30-12-19-16-7-3-1-5-14(16)15-6-2-4-8-17(15)19/h1-11,19,21,26H,12H2,(H,25,29)(H,27,28). The summed E-state index contributed by atoms with van der Waals surface area (Å²) < 4.78 is 19.4. The van der Waals surface area contributed by atoms with Crippen molar-refractivity contribution >= 4 is 12.1 Å². The molecule has 1 amide bonds. The normalized spacial score (nSPS) is 13.2. The highest BCUT2D eigenvalue weighted by atomic mass is 19.1. The first-order chi connectivity index (χ1) is 14.5. The van der Waals surface area contributed by atoms with E-state index in [4.69, 9.17) is 4.74 Å². The maximum atomic E-state index is 14.1. The van der Waals surface area contributed by atoms with E-state index in [2.05, 4.69) is 5.32 Å². The first-order valence-electron chi connectivity index (χ1n) is 9.28. The average Bonchev–Trinajstić information content (AvgIpc) is 3.05. The van der Waals surface area contributed by atoms with Crippen molar-refractivity contribution in [1.29, 1.82) is 0 Å². The molecular formula is C23H18FNO5. The lowest BCUT2D eigenvalue weighted by Crippen LogP contribution is -2.35. The number of ether oxygens (including phenoxy) is 1. The third-order valence-corrected chi connectivity index (χ3v) is 5.15. The van der Waals surface area contributed by atoms with Crippen LogP contribution in [0.3, 0.4) is 0 Å². The van der Waals surface area contributed by atoms with Gasteiger partial charge in [0.1, 0.15) is 18.2 Å². The summed E-state index contributed by atoms with van der Waals surface area (Å²) in [5.41, 5.74) is 3.89. The van der Waals surface area contributed by atoms with E-state index in [1.807, 2.05) is 48.5 Å². The topological polar surface area (TPSA) is 95.9 Å². The van der Waals surface area contributed by atoms with Gasteiger partial charge in [-0.05, 0) is 34.4 Å². The number of phenolic OH excluding ortho intramolecular Hbond substituents is 1. The highest BCUT2D eigenvalue weighted by molar-refractivity contribution is 5.82. The van der Waals surface area contributed by atoms with E-state index in [1.54, 1.807) is 0 Å². The van der Waals surface area contributed by atoms with Crippen LogP contribution in [0.4, 0.5) is 9.18 Å². The number of benzene rings is 3. The van der Waals surface area contributed by atoms with E-state index >= 15 is 0 Å². The molecule has 6 nitrogen and oxygen atoms in total. The van der Waals surface area contributed by atoms with Gasteiger partial charge in [0.15, 0.2) is 6.04 Å². The van der Waals surface area contributed by atoms with Crippen molar-refractivity contribution in [2.45, 2.75) is 12.0 Å². The molecule has 0 bridgehead atoms.